The summed E-state index contributed by atoms with van der Waals surface area (Å²) in [6.07, 6.45) is -10.5. The van der Waals surface area contributed by atoms with Crippen molar-refractivity contribution in [1.82, 2.24) is 0 Å². The molecule has 2 rings (SSSR count). The highest BCUT2D eigenvalue weighted by molar-refractivity contribution is 5.66. The largest absolute Gasteiger partial charge is 0.491 e. The number of ether oxygens (including phenoxy) is 1. The molecule has 0 aliphatic heterocycles. The molecule has 5 nitrogen and oxygen atoms in total. The maximum absolute atomic E-state index is 13.1. The lowest BCUT2D eigenvalue weighted by Crippen LogP contribution is -2.55. The van der Waals surface area contributed by atoms with Crippen LogP contribution in [0.4, 0.5) is 26.3 Å². The molecule has 0 spiro atoms. The molecule has 0 saturated heterocycles. The molecule has 0 amide bonds. The fraction of sp³-hybridized carbons (Fsp3) is 0.500. The first-order chi connectivity index (χ1) is 18.9. The van der Waals surface area contributed by atoms with Crippen LogP contribution in [0, 0.1) is 13.8 Å². The Hall–Kier alpha value is -3.05. The summed E-state index contributed by atoms with van der Waals surface area (Å²) >= 11 is 0. The van der Waals surface area contributed by atoms with E-state index >= 15 is 0 Å². The summed E-state index contributed by atoms with van der Waals surface area (Å²) in [5.74, 6) is -0.387. The summed E-state index contributed by atoms with van der Waals surface area (Å²) in [6, 6.07) is 10.4. The van der Waals surface area contributed by atoms with Gasteiger partial charge >= 0.3 is 18.3 Å². The van der Waals surface area contributed by atoms with Crippen LogP contribution in [0.3, 0.4) is 0 Å². The van der Waals surface area contributed by atoms with E-state index in [1.54, 1.807) is 25.1 Å². The van der Waals surface area contributed by atoms with Crippen molar-refractivity contribution in [2.75, 3.05) is 6.61 Å². The molecule has 11 heteroatoms. The van der Waals surface area contributed by atoms with Crippen LogP contribution in [0.2, 0.25) is 0 Å². The second-order valence-corrected chi connectivity index (χ2v) is 10.2. The molecule has 41 heavy (non-hydrogen) atoms. The van der Waals surface area contributed by atoms with Crippen LogP contribution in [-0.2, 0) is 10.2 Å². The Labute approximate surface area is 235 Å². The van der Waals surface area contributed by atoms with Gasteiger partial charge in [0.2, 0.25) is 0 Å². The SMILES string of the molecule is CCC(CC)(c1ccc(/C=C/C(O)(C(F)(F)F)C(F)(F)F)c(C)c1)c1ccc(OC[C@H](O)CCCC(=O)O)c(C)c1. The van der Waals surface area contributed by atoms with Crippen molar-refractivity contribution < 1.29 is 51.2 Å². The molecule has 1 atom stereocenters. The number of benzene rings is 2. The average molecular weight is 591 g/mol. The third-order valence-electron chi connectivity index (χ3n) is 7.48. The van der Waals surface area contributed by atoms with Crippen molar-refractivity contribution in [3.8, 4) is 5.75 Å². The molecule has 0 heterocycles. The van der Waals surface area contributed by atoms with Gasteiger partial charge in [0.1, 0.15) is 12.4 Å². The first kappa shape index (κ1) is 34.2. The highest BCUT2D eigenvalue weighted by Gasteiger charge is 2.68. The molecular formula is C30H36F6O5. The lowest BCUT2D eigenvalue weighted by Gasteiger charge is -2.34. The maximum atomic E-state index is 13.1. The number of hydrogen-bond acceptors (Lipinski definition) is 4. The molecule has 2 aromatic rings. The molecule has 0 bridgehead atoms. The molecular weight excluding hydrogens is 554 g/mol. The van der Waals surface area contributed by atoms with Crippen LogP contribution in [-0.4, -0.2) is 52.0 Å². The van der Waals surface area contributed by atoms with Gasteiger partial charge in [-0.1, -0.05) is 50.3 Å². The number of carboxylic acid groups (broad SMARTS) is 1. The minimum absolute atomic E-state index is 0.00151. The standard InChI is InChI=1S/C30H36F6O5/c1-5-27(6-2,23-12-13-25(20(4)17-23)41-18-24(37)8-7-9-26(38)39)22-11-10-21(19(3)16-22)14-15-28(40,29(31,32)33)30(34,35)36/h10-17,24,37,40H,5-9,18H2,1-4H3,(H,38,39)/b15-14+/t24-/m1/s1. The fourth-order valence-corrected chi connectivity index (χ4v) is 4.82. The van der Waals surface area contributed by atoms with Crippen LogP contribution in [0.15, 0.2) is 42.5 Å². The third-order valence-corrected chi connectivity index (χ3v) is 7.48. The lowest BCUT2D eigenvalue weighted by molar-refractivity contribution is -0.347. The third kappa shape index (κ3) is 7.82. The second kappa shape index (κ2) is 13.3. The van der Waals surface area contributed by atoms with E-state index in [1.807, 2.05) is 32.9 Å². The molecule has 0 saturated carbocycles. The Bertz CT molecular complexity index is 1200. The number of carboxylic acids is 1. The van der Waals surface area contributed by atoms with E-state index in [0.29, 0.717) is 36.7 Å². The smallest absolute Gasteiger partial charge is 0.430 e. The van der Waals surface area contributed by atoms with Gasteiger partial charge in [-0.3, -0.25) is 4.79 Å². The first-order valence-electron chi connectivity index (χ1n) is 13.2. The zero-order chi connectivity index (χ0) is 31.2. The van der Waals surface area contributed by atoms with Crippen LogP contribution in [0.25, 0.3) is 6.08 Å². The number of aryl methyl sites for hydroxylation is 2. The minimum atomic E-state index is -5.94. The molecule has 0 fully saturated rings. The van der Waals surface area contributed by atoms with E-state index in [1.165, 1.54) is 6.07 Å². The van der Waals surface area contributed by atoms with Crippen LogP contribution in [0.5, 0.6) is 5.75 Å². The highest BCUT2D eigenvalue weighted by atomic mass is 19.4. The van der Waals surface area contributed by atoms with E-state index in [2.05, 4.69) is 0 Å². The zero-order valence-electron chi connectivity index (χ0n) is 23.4. The number of hydrogen-bond donors (Lipinski definition) is 3. The molecule has 0 aromatic heterocycles. The maximum Gasteiger partial charge on any atom is 0.430 e. The molecule has 0 unspecified atom stereocenters. The Kier molecular flexibility index (Phi) is 11.1. The van der Waals surface area contributed by atoms with Gasteiger partial charge in [0, 0.05) is 11.8 Å². The zero-order valence-corrected chi connectivity index (χ0v) is 23.4. The molecule has 0 radical (unpaired) electrons. The van der Waals surface area contributed by atoms with E-state index in [-0.39, 0.29) is 31.1 Å². The number of aliphatic hydroxyl groups is 2. The number of alkyl halides is 6. The topological polar surface area (TPSA) is 87.0 Å². The lowest BCUT2D eigenvalue weighted by atomic mass is 9.70. The minimum Gasteiger partial charge on any atom is -0.491 e. The number of aliphatic carboxylic acids is 1. The fourth-order valence-electron chi connectivity index (χ4n) is 4.82. The Balaban J connectivity index is 2.34. The Morgan fingerprint density at radius 3 is 1.93 bits per heavy atom. The van der Waals surface area contributed by atoms with Crippen molar-refractivity contribution in [3.63, 3.8) is 0 Å². The van der Waals surface area contributed by atoms with Gasteiger partial charge in [0.25, 0.3) is 5.60 Å². The number of carbonyl (C=O) groups is 1. The van der Waals surface area contributed by atoms with Gasteiger partial charge in [0.15, 0.2) is 0 Å². The molecule has 0 aliphatic rings. The van der Waals surface area contributed by atoms with Gasteiger partial charge in [-0.05, 0) is 79.5 Å². The quantitative estimate of drug-likeness (QED) is 0.214. The van der Waals surface area contributed by atoms with E-state index in [4.69, 9.17) is 9.84 Å². The Morgan fingerprint density at radius 2 is 1.46 bits per heavy atom. The predicted molar refractivity (Wildman–Crippen MR) is 143 cm³/mol. The van der Waals surface area contributed by atoms with Crippen molar-refractivity contribution in [1.29, 1.82) is 0 Å². The van der Waals surface area contributed by atoms with Gasteiger partial charge in [0.05, 0.1) is 6.10 Å². The monoisotopic (exact) mass is 590 g/mol. The van der Waals surface area contributed by atoms with Gasteiger partial charge in [-0.2, -0.15) is 26.3 Å². The van der Waals surface area contributed by atoms with Gasteiger partial charge < -0.3 is 20.1 Å². The normalized spacial score (nSPS) is 14.0. The summed E-state index contributed by atoms with van der Waals surface area (Å²) in [5, 5.41) is 28.2. The summed E-state index contributed by atoms with van der Waals surface area (Å²) in [6.45, 7) is 7.37. The van der Waals surface area contributed by atoms with Crippen molar-refractivity contribution in [3.05, 3.63) is 70.3 Å². The van der Waals surface area contributed by atoms with Crippen molar-refractivity contribution in [2.45, 2.75) is 89.3 Å². The number of rotatable bonds is 13. The van der Waals surface area contributed by atoms with Gasteiger partial charge in [-0.25, -0.2) is 0 Å². The molecule has 3 N–H and O–H groups in total. The molecule has 0 aliphatic carbocycles. The van der Waals surface area contributed by atoms with Crippen LogP contribution in [0.1, 0.15) is 73.8 Å². The van der Waals surface area contributed by atoms with E-state index in [9.17, 15) is 41.4 Å². The van der Waals surface area contributed by atoms with Crippen molar-refractivity contribution >= 4 is 12.0 Å². The van der Waals surface area contributed by atoms with Crippen LogP contribution < -0.4 is 4.74 Å². The van der Waals surface area contributed by atoms with Crippen molar-refractivity contribution in [2.24, 2.45) is 0 Å². The molecule has 228 valence electrons. The van der Waals surface area contributed by atoms with Crippen LogP contribution >= 0.6 is 0 Å². The highest BCUT2D eigenvalue weighted by Crippen LogP contribution is 2.45. The van der Waals surface area contributed by atoms with E-state index in [0.717, 1.165) is 16.7 Å². The predicted octanol–water partition coefficient (Wildman–Crippen LogP) is 7.27. The number of aliphatic hydroxyl groups excluding tert-OH is 1. The average Bonchev–Trinajstić information content (AvgIpc) is 2.87. The summed E-state index contributed by atoms with van der Waals surface area (Å²) in [7, 11) is 0. The summed E-state index contributed by atoms with van der Waals surface area (Å²) < 4.78 is 84.1. The molecule has 2 aromatic carbocycles. The first-order valence-corrected chi connectivity index (χ1v) is 13.2. The van der Waals surface area contributed by atoms with E-state index < -0.39 is 35.4 Å². The summed E-state index contributed by atoms with van der Waals surface area (Å²) in [5.41, 5.74) is -2.42. The Morgan fingerprint density at radius 1 is 0.927 bits per heavy atom. The number of halogens is 6. The second-order valence-electron chi connectivity index (χ2n) is 10.2. The van der Waals surface area contributed by atoms with Gasteiger partial charge in [-0.15, -0.1) is 0 Å². The summed E-state index contributed by atoms with van der Waals surface area (Å²) in [4.78, 5) is 10.6.